The molecule has 2 rings (SSSR count). The Hall–Kier alpha value is -1.76. The molecular weight excluding hydrogens is 263 g/mol. The molecule has 0 atom stereocenters. The quantitative estimate of drug-likeness (QED) is 0.673. The average molecular weight is 271 g/mol. The third-order valence-corrected chi connectivity index (χ3v) is 3.15. The maximum absolute atomic E-state index is 12.4. The van der Waals surface area contributed by atoms with E-state index in [1.54, 1.807) is 12.3 Å². The van der Waals surface area contributed by atoms with E-state index >= 15 is 0 Å². The zero-order valence-electron chi connectivity index (χ0n) is 8.98. The Bertz CT molecular complexity index is 543. The molecule has 1 aromatic heterocycles. The first kappa shape index (κ1) is 12.7. The normalized spacial score (nSPS) is 11.5. The number of nitrogens with zero attached hydrogens (tertiary/aromatic N) is 2. The Morgan fingerprint density at radius 1 is 1.17 bits per heavy atom. The van der Waals surface area contributed by atoms with E-state index in [9.17, 15) is 13.2 Å². The predicted molar refractivity (Wildman–Crippen MR) is 62.0 cm³/mol. The van der Waals surface area contributed by atoms with E-state index < -0.39 is 11.7 Å². The minimum atomic E-state index is -4.38. The Morgan fingerprint density at radius 3 is 2.50 bits per heavy atom. The summed E-state index contributed by atoms with van der Waals surface area (Å²) in [6.45, 7) is 0. The van der Waals surface area contributed by atoms with Gasteiger partial charge >= 0.3 is 6.18 Å². The molecule has 0 saturated heterocycles. The van der Waals surface area contributed by atoms with Crippen molar-refractivity contribution in [2.24, 2.45) is 0 Å². The molecule has 0 aliphatic heterocycles. The van der Waals surface area contributed by atoms with E-state index in [0.717, 1.165) is 12.1 Å². The number of hydrogen-bond donors (Lipinski definition) is 1. The van der Waals surface area contributed by atoms with Crippen LogP contribution in [0.15, 0.2) is 46.7 Å². The second-order valence-electron chi connectivity index (χ2n) is 3.40. The molecule has 2 aromatic rings. The Balaban J connectivity index is 2.26. The average Bonchev–Trinajstić information content (AvgIpc) is 2.32. The Morgan fingerprint density at radius 2 is 1.94 bits per heavy atom. The fourth-order valence-electron chi connectivity index (χ4n) is 1.27. The lowest BCUT2D eigenvalue weighted by Gasteiger charge is -2.10. The molecule has 0 radical (unpaired) electrons. The molecule has 18 heavy (non-hydrogen) atoms. The zero-order valence-corrected chi connectivity index (χ0v) is 9.79. The van der Waals surface area contributed by atoms with Crippen molar-refractivity contribution < 1.29 is 13.2 Å². The highest BCUT2D eigenvalue weighted by Gasteiger charge is 2.30. The smallest absolute Gasteiger partial charge is 0.398 e. The molecule has 0 unspecified atom stereocenters. The van der Waals surface area contributed by atoms with Crippen LogP contribution >= 0.6 is 11.8 Å². The van der Waals surface area contributed by atoms with Crippen LogP contribution in [-0.2, 0) is 6.18 Å². The van der Waals surface area contributed by atoms with E-state index in [-0.39, 0.29) is 5.69 Å². The molecule has 0 spiro atoms. The molecule has 7 heteroatoms. The summed E-state index contributed by atoms with van der Waals surface area (Å²) in [5.41, 5.74) is 4.92. The van der Waals surface area contributed by atoms with Gasteiger partial charge in [0.15, 0.2) is 0 Å². The minimum absolute atomic E-state index is 0.0773. The maximum Gasteiger partial charge on any atom is 0.416 e. The molecule has 2 N–H and O–H groups in total. The number of halogens is 3. The lowest BCUT2D eigenvalue weighted by atomic mass is 10.2. The third kappa shape index (κ3) is 2.92. The Kier molecular flexibility index (Phi) is 3.42. The summed E-state index contributed by atoms with van der Waals surface area (Å²) in [6, 6.07) is 4.91. The van der Waals surface area contributed by atoms with Gasteiger partial charge in [-0.2, -0.15) is 13.2 Å². The fraction of sp³-hybridized carbons (Fsp3) is 0.0909. The van der Waals surface area contributed by atoms with Crippen LogP contribution in [0, 0.1) is 0 Å². The van der Waals surface area contributed by atoms with Crippen LogP contribution < -0.4 is 5.73 Å². The number of rotatable bonds is 2. The summed E-state index contributed by atoms with van der Waals surface area (Å²) in [5, 5.41) is 0.622. The molecule has 0 fully saturated rings. The molecule has 1 heterocycles. The van der Waals surface area contributed by atoms with E-state index in [1.165, 1.54) is 24.2 Å². The second-order valence-corrected chi connectivity index (χ2v) is 4.46. The molecule has 0 aliphatic rings. The summed E-state index contributed by atoms with van der Waals surface area (Å²) in [4.78, 5) is 8.24. The number of benzene rings is 1. The summed E-state index contributed by atoms with van der Waals surface area (Å²) in [5.74, 6) is 0. The fourth-order valence-corrected chi connectivity index (χ4v) is 2.04. The van der Waals surface area contributed by atoms with E-state index in [2.05, 4.69) is 9.97 Å². The maximum atomic E-state index is 12.4. The molecule has 0 saturated carbocycles. The molecule has 94 valence electrons. The summed E-state index contributed by atoms with van der Waals surface area (Å²) in [6.07, 6.45) is -1.47. The van der Waals surface area contributed by atoms with Gasteiger partial charge in [0.1, 0.15) is 11.4 Å². The highest BCUT2D eigenvalue weighted by molar-refractivity contribution is 7.99. The zero-order chi connectivity index (χ0) is 13.2. The Labute approximate surface area is 105 Å². The van der Waals surface area contributed by atoms with Gasteiger partial charge in [-0.15, -0.1) is 0 Å². The predicted octanol–water partition coefficient (Wildman–Crippen LogP) is 3.23. The van der Waals surface area contributed by atoms with Crippen LogP contribution in [0.5, 0.6) is 0 Å². The van der Waals surface area contributed by atoms with Crippen LogP contribution in [0.4, 0.5) is 18.9 Å². The van der Waals surface area contributed by atoms with Crippen molar-refractivity contribution in [1.29, 1.82) is 0 Å². The van der Waals surface area contributed by atoms with Gasteiger partial charge in [-0.1, -0.05) is 11.8 Å². The van der Waals surface area contributed by atoms with Gasteiger partial charge in [0.05, 0.1) is 5.56 Å². The van der Waals surface area contributed by atoms with Crippen LogP contribution in [0.1, 0.15) is 5.56 Å². The molecule has 0 aliphatic carbocycles. The van der Waals surface area contributed by atoms with Crippen molar-refractivity contribution >= 4 is 17.4 Å². The monoisotopic (exact) mass is 271 g/mol. The van der Waals surface area contributed by atoms with Crippen LogP contribution in [0.3, 0.4) is 0 Å². The van der Waals surface area contributed by atoms with Crippen LogP contribution in [0.25, 0.3) is 0 Å². The summed E-state index contributed by atoms with van der Waals surface area (Å²) < 4.78 is 37.3. The lowest BCUT2D eigenvalue weighted by molar-refractivity contribution is -0.137. The number of nitrogens with two attached hydrogens (primary N) is 1. The first-order valence-electron chi connectivity index (χ1n) is 4.87. The van der Waals surface area contributed by atoms with Crippen LogP contribution in [-0.4, -0.2) is 9.97 Å². The number of anilines is 1. The molecule has 1 aromatic carbocycles. The van der Waals surface area contributed by atoms with Gasteiger partial charge in [0.25, 0.3) is 0 Å². The van der Waals surface area contributed by atoms with Crippen molar-refractivity contribution in [2.75, 3.05) is 5.73 Å². The summed E-state index contributed by atoms with van der Waals surface area (Å²) in [7, 11) is 0. The van der Waals surface area contributed by atoms with Gasteiger partial charge in [0, 0.05) is 16.8 Å². The van der Waals surface area contributed by atoms with Crippen molar-refractivity contribution in [3.8, 4) is 0 Å². The molecule has 0 bridgehead atoms. The molecule has 3 nitrogen and oxygen atoms in total. The topological polar surface area (TPSA) is 51.8 Å². The number of aromatic nitrogens is 2. The minimum Gasteiger partial charge on any atom is -0.398 e. The van der Waals surface area contributed by atoms with Gasteiger partial charge in [-0.05, 0) is 24.3 Å². The number of alkyl halides is 3. The highest BCUT2D eigenvalue weighted by atomic mass is 32.2. The van der Waals surface area contributed by atoms with Crippen molar-refractivity contribution in [3.05, 3.63) is 42.4 Å². The van der Waals surface area contributed by atoms with Crippen molar-refractivity contribution in [2.45, 2.75) is 16.1 Å². The number of hydrogen-bond acceptors (Lipinski definition) is 4. The molecule has 0 amide bonds. The largest absolute Gasteiger partial charge is 0.416 e. The van der Waals surface area contributed by atoms with E-state index in [4.69, 9.17) is 5.73 Å². The van der Waals surface area contributed by atoms with Crippen LogP contribution in [0.2, 0.25) is 0 Å². The van der Waals surface area contributed by atoms with Gasteiger partial charge in [-0.3, -0.25) is 0 Å². The highest BCUT2D eigenvalue weighted by Crippen LogP contribution is 2.36. The number of nitrogen functional groups attached to an aromatic ring is 1. The second kappa shape index (κ2) is 4.85. The van der Waals surface area contributed by atoms with E-state index in [0.29, 0.717) is 9.92 Å². The first-order chi connectivity index (χ1) is 8.47. The van der Waals surface area contributed by atoms with Crippen molar-refractivity contribution in [3.63, 3.8) is 0 Å². The lowest BCUT2D eigenvalue weighted by Crippen LogP contribution is -2.05. The van der Waals surface area contributed by atoms with Gasteiger partial charge < -0.3 is 5.73 Å². The van der Waals surface area contributed by atoms with E-state index in [1.807, 2.05) is 0 Å². The first-order valence-corrected chi connectivity index (χ1v) is 5.69. The SMILES string of the molecule is Nc1cc(C(F)(F)F)ccc1Sc1ccncn1. The standard InChI is InChI=1S/C11H8F3N3S/c12-11(13,14)7-1-2-9(8(15)5-7)18-10-3-4-16-6-17-10/h1-6H,15H2. The van der Waals surface area contributed by atoms with Gasteiger partial charge in [-0.25, -0.2) is 9.97 Å². The summed E-state index contributed by atoms with van der Waals surface area (Å²) >= 11 is 1.19. The van der Waals surface area contributed by atoms with Gasteiger partial charge in [0.2, 0.25) is 0 Å². The van der Waals surface area contributed by atoms with Crippen molar-refractivity contribution in [1.82, 2.24) is 9.97 Å². The third-order valence-electron chi connectivity index (χ3n) is 2.11. The molecular formula is C11H8F3N3S.